The van der Waals surface area contributed by atoms with Crippen LogP contribution in [0.2, 0.25) is 0 Å². The maximum Gasteiger partial charge on any atom is 0.417 e. The van der Waals surface area contributed by atoms with Gasteiger partial charge in [0.2, 0.25) is 0 Å². The molecule has 10 heteroatoms. The number of carbonyl (C=O) groups excluding carboxylic acids is 2. The molecule has 0 unspecified atom stereocenters. The van der Waals surface area contributed by atoms with Crippen molar-refractivity contribution in [1.29, 1.82) is 0 Å². The number of ether oxygens (including phenoxy) is 1. The first-order valence-corrected chi connectivity index (χ1v) is 10.1. The van der Waals surface area contributed by atoms with Crippen molar-refractivity contribution in [3.63, 3.8) is 0 Å². The summed E-state index contributed by atoms with van der Waals surface area (Å²) in [7, 11) is 1.43. The molecule has 2 aromatic heterocycles. The highest BCUT2D eigenvalue weighted by molar-refractivity contribution is 6.06. The van der Waals surface area contributed by atoms with Crippen LogP contribution in [0.1, 0.15) is 47.6 Å². The van der Waals surface area contributed by atoms with E-state index >= 15 is 0 Å². The van der Waals surface area contributed by atoms with Crippen molar-refractivity contribution >= 4 is 28.8 Å². The van der Waals surface area contributed by atoms with Gasteiger partial charge in [-0.3, -0.25) is 14.5 Å². The first-order chi connectivity index (χ1) is 15.3. The van der Waals surface area contributed by atoms with Gasteiger partial charge in [-0.05, 0) is 37.8 Å². The number of nitrogens with zero attached hydrogens (tertiary/aromatic N) is 3. The number of aldehydes is 1. The molecular formula is C22H21F3N4O3. The molecule has 4 rings (SSSR count). The first kappa shape index (κ1) is 21.8. The van der Waals surface area contributed by atoms with Gasteiger partial charge in [-0.2, -0.15) is 18.3 Å². The lowest BCUT2D eigenvalue weighted by molar-refractivity contribution is -0.137. The van der Waals surface area contributed by atoms with Gasteiger partial charge in [0, 0.05) is 36.0 Å². The number of alkyl halides is 3. The van der Waals surface area contributed by atoms with Crippen LogP contribution in [0.15, 0.2) is 36.8 Å². The second kappa shape index (κ2) is 8.60. The molecule has 1 amide bonds. The monoisotopic (exact) mass is 446 g/mol. The molecule has 0 spiro atoms. The Balaban J connectivity index is 1.59. The number of hydrogen-bond acceptors (Lipinski definition) is 5. The minimum Gasteiger partial charge on any atom is -0.494 e. The van der Waals surface area contributed by atoms with Crippen molar-refractivity contribution in [1.82, 2.24) is 14.8 Å². The maximum atomic E-state index is 12.9. The molecular weight excluding hydrogens is 425 g/mol. The molecule has 1 aliphatic rings. The van der Waals surface area contributed by atoms with Gasteiger partial charge in [-0.15, -0.1) is 0 Å². The number of nitrogens with one attached hydrogen (secondary N) is 1. The van der Waals surface area contributed by atoms with Crippen LogP contribution in [0.5, 0.6) is 5.75 Å². The summed E-state index contributed by atoms with van der Waals surface area (Å²) in [4.78, 5) is 27.1. The Kier molecular flexibility index (Phi) is 5.86. The van der Waals surface area contributed by atoms with Crippen molar-refractivity contribution < 1.29 is 27.5 Å². The van der Waals surface area contributed by atoms with E-state index in [0.717, 1.165) is 49.6 Å². The molecule has 0 bridgehead atoms. The molecule has 168 valence electrons. The molecule has 1 aromatic carbocycles. The lowest BCUT2D eigenvalue weighted by Gasteiger charge is -2.25. The molecule has 1 saturated carbocycles. The Labute approximate surface area is 181 Å². The van der Waals surface area contributed by atoms with Gasteiger partial charge in [-0.1, -0.05) is 0 Å². The van der Waals surface area contributed by atoms with Gasteiger partial charge < -0.3 is 14.8 Å². The number of benzene rings is 1. The maximum absolute atomic E-state index is 12.9. The van der Waals surface area contributed by atoms with E-state index in [-0.39, 0.29) is 17.5 Å². The lowest BCUT2D eigenvalue weighted by Crippen LogP contribution is -2.19. The minimum absolute atomic E-state index is 0.100. The third-order valence-corrected chi connectivity index (χ3v) is 5.73. The predicted octanol–water partition coefficient (Wildman–Crippen LogP) is 4.64. The largest absolute Gasteiger partial charge is 0.494 e. The summed E-state index contributed by atoms with van der Waals surface area (Å²) in [5, 5.41) is 7.97. The Morgan fingerprint density at radius 1 is 1.19 bits per heavy atom. The molecule has 1 aliphatic carbocycles. The summed E-state index contributed by atoms with van der Waals surface area (Å²) in [5.74, 6) is -0.301. The average molecular weight is 446 g/mol. The smallest absolute Gasteiger partial charge is 0.417 e. The number of amides is 1. The standard InChI is InChI=1S/C22H21F3N4O3/c1-32-20-8-18-15(11-29(28-18)17-4-2-13(12-30)3-5-17)7-19(20)27-21(31)14-6-16(10-26-9-14)22(23,24)25/h6-13,17H,2-5H2,1H3,(H,27,31)/t13-,17-. The van der Waals surface area contributed by atoms with Crippen molar-refractivity contribution in [3.8, 4) is 5.75 Å². The molecule has 1 N–H and O–H groups in total. The van der Waals surface area contributed by atoms with Gasteiger partial charge in [-0.25, -0.2) is 0 Å². The fourth-order valence-electron chi connectivity index (χ4n) is 3.94. The Hall–Kier alpha value is -3.43. The van der Waals surface area contributed by atoms with E-state index < -0.39 is 17.6 Å². The number of pyridine rings is 1. The van der Waals surface area contributed by atoms with Crippen LogP contribution in [-0.4, -0.2) is 34.1 Å². The van der Waals surface area contributed by atoms with Gasteiger partial charge in [0.15, 0.2) is 0 Å². The summed E-state index contributed by atoms with van der Waals surface area (Å²) in [5.41, 5.74) is -0.243. The summed E-state index contributed by atoms with van der Waals surface area (Å²) >= 11 is 0. The van der Waals surface area contributed by atoms with Gasteiger partial charge in [0.05, 0.1) is 35.5 Å². The Morgan fingerprint density at radius 2 is 1.94 bits per heavy atom. The van der Waals surface area contributed by atoms with E-state index in [9.17, 15) is 22.8 Å². The number of carbonyl (C=O) groups is 2. The number of fused-ring (bicyclic) bond motifs is 1. The number of halogens is 3. The highest BCUT2D eigenvalue weighted by Crippen LogP contribution is 2.35. The number of hydrogen-bond donors (Lipinski definition) is 1. The van der Waals surface area contributed by atoms with E-state index in [2.05, 4.69) is 15.4 Å². The average Bonchev–Trinajstić information content (AvgIpc) is 3.21. The van der Waals surface area contributed by atoms with E-state index in [4.69, 9.17) is 4.74 Å². The SMILES string of the molecule is COc1cc2nn([C@H]3CC[C@H](C=O)CC3)cc2cc1NC(=O)c1cncc(C(F)(F)F)c1. The van der Waals surface area contributed by atoms with Crippen LogP contribution in [0.25, 0.3) is 10.9 Å². The van der Waals surface area contributed by atoms with Crippen LogP contribution in [0, 0.1) is 5.92 Å². The molecule has 7 nitrogen and oxygen atoms in total. The molecule has 32 heavy (non-hydrogen) atoms. The van der Waals surface area contributed by atoms with Crippen molar-refractivity contribution in [2.75, 3.05) is 12.4 Å². The van der Waals surface area contributed by atoms with Gasteiger partial charge in [0.25, 0.3) is 5.91 Å². The second-order valence-electron chi connectivity index (χ2n) is 7.84. The van der Waals surface area contributed by atoms with Crippen molar-refractivity contribution in [2.24, 2.45) is 5.92 Å². The Bertz CT molecular complexity index is 1150. The Morgan fingerprint density at radius 3 is 2.59 bits per heavy atom. The summed E-state index contributed by atoms with van der Waals surface area (Å²) in [6.07, 6.45) is 3.35. The van der Waals surface area contributed by atoms with E-state index in [1.807, 2.05) is 10.9 Å². The molecule has 0 radical (unpaired) electrons. The number of anilines is 1. The third kappa shape index (κ3) is 4.44. The van der Waals surface area contributed by atoms with Crippen LogP contribution in [0.3, 0.4) is 0 Å². The van der Waals surface area contributed by atoms with E-state index in [1.54, 1.807) is 12.1 Å². The normalized spacial score (nSPS) is 19.0. The number of rotatable bonds is 5. The minimum atomic E-state index is -4.60. The van der Waals surface area contributed by atoms with E-state index in [0.29, 0.717) is 23.2 Å². The summed E-state index contributed by atoms with van der Waals surface area (Å²) < 4.78 is 46.0. The zero-order chi connectivity index (χ0) is 22.9. The molecule has 3 aromatic rings. The third-order valence-electron chi connectivity index (χ3n) is 5.73. The predicted molar refractivity (Wildman–Crippen MR) is 111 cm³/mol. The molecule has 0 atom stereocenters. The zero-order valence-corrected chi connectivity index (χ0v) is 17.2. The first-order valence-electron chi connectivity index (χ1n) is 10.1. The fraction of sp³-hybridized carbons (Fsp3) is 0.364. The highest BCUT2D eigenvalue weighted by atomic mass is 19.4. The molecule has 1 fully saturated rings. The van der Waals surface area contributed by atoms with Crippen LogP contribution in [0.4, 0.5) is 18.9 Å². The van der Waals surface area contributed by atoms with Crippen LogP contribution < -0.4 is 10.1 Å². The van der Waals surface area contributed by atoms with Crippen molar-refractivity contribution in [2.45, 2.75) is 37.9 Å². The second-order valence-corrected chi connectivity index (χ2v) is 7.84. The number of aromatic nitrogens is 3. The number of methoxy groups -OCH3 is 1. The highest BCUT2D eigenvalue weighted by Gasteiger charge is 2.31. The summed E-state index contributed by atoms with van der Waals surface area (Å²) in [6.45, 7) is 0. The van der Waals surface area contributed by atoms with Crippen molar-refractivity contribution in [3.05, 3.63) is 47.9 Å². The lowest BCUT2D eigenvalue weighted by atomic mass is 9.87. The molecule has 2 heterocycles. The fourth-order valence-corrected chi connectivity index (χ4v) is 3.94. The summed E-state index contributed by atoms with van der Waals surface area (Å²) in [6, 6.07) is 4.27. The quantitative estimate of drug-likeness (QED) is 0.577. The van der Waals surface area contributed by atoms with Crippen LogP contribution >= 0.6 is 0 Å². The van der Waals surface area contributed by atoms with E-state index in [1.165, 1.54) is 7.11 Å². The van der Waals surface area contributed by atoms with Gasteiger partial charge in [0.1, 0.15) is 12.0 Å². The van der Waals surface area contributed by atoms with Crippen LogP contribution in [-0.2, 0) is 11.0 Å². The molecule has 0 saturated heterocycles. The topological polar surface area (TPSA) is 86.1 Å². The molecule has 0 aliphatic heterocycles. The zero-order valence-electron chi connectivity index (χ0n) is 17.2. The van der Waals surface area contributed by atoms with Gasteiger partial charge >= 0.3 is 6.18 Å².